The Labute approximate surface area is 234 Å². The Balaban J connectivity index is 1.35. The van der Waals surface area contributed by atoms with Gasteiger partial charge in [0.2, 0.25) is 10.0 Å². The number of nitrogens with one attached hydrogen (secondary N) is 1. The van der Waals surface area contributed by atoms with E-state index in [1.807, 2.05) is 73.6 Å². The van der Waals surface area contributed by atoms with E-state index in [4.69, 9.17) is 20.0 Å². The van der Waals surface area contributed by atoms with E-state index in [9.17, 15) is 8.42 Å². The molecular weight excluding hydrogens is 524 g/mol. The molecule has 0 unspecified atom stereocenters. The van der Waals surface area contributed by atoms with E-state index in [1.54, 1.807) is 49.4 Å². The van der Waals surface area contributed by atoms with Gasteiger partial charge in [0.1, 0.15) is 41.6 Å². The molecule has 0 spiro atoms. The largest absolute Gasteiger partial charge is 0.492 e. The van der Waals surface area contributed by atoms with Gasteiger partial charge in [-0.15, -0.1) is 0 Å². The number of benzene rings is 3. The summed E-state index contributed by atoms with van der Waals surface area (Å²) in [6, 6.07) is 21.9. The summed E-state index contributed by atoms with van der Waals surface area (Å²) >= 11 is 0. The maximum Gasteiger partial charge on any atom is 0.241 e. The first-order valence-electron chi connectivity index (χ1n) is 12.4. The Morgan fingerprint density at radius 1 is 0.975 bits per heavy atom. The molecule has 1 aliphatic heterocycles. The van der Waals surface area contributed by atoms with Crippen molar-refractivity contribution in [2.45, 2.75) is 11.8 Å². The van der Waals surface area contributed by atoms with Crippen LogP contribution in [0.2, 0.25) is 0 Å². The van der Waals surface area contributed by atoms with Crippen LogP contribution in [-0.2, 0) is 14.8 Å². The van der Waals surface area contributed by atoms with Crippen LogP contribution < -0.4 is 14.4 Å². The third-order valence-electron chi connectivity index (χ3n) is 6.06. The smallest absolute Gasteiger partial charge is 0.241 e. The van der Waals surface area contributed by atoms with Gasteiger partial charge in [-0.25, -0.2) is 13.1 Å². The van der Waals surface area contributed by atoms with Crippen molar-refractivity contribution in [3.05, 3.63) is 107 Å². The lowest BCUT2D eigenvalue weighted by Gasteiger charge is -2.17. The molecule has 4 rings (SSSR count). The topological polar surface area (TPSA) is 115 Å². The van der Waals surface area contributed by atoms with Crippen molar-refractivity contribution in [2.75, 3.05) is 32.1 Å². The molecule has 0 radical (unpaired) electrons. The van der Waals surface area contributed by atoms with Crippen molar-refractivity contribution in [3.8, 4) is 17.9 Å². The van der Waals surface area contributed by atoms with Crippen LogP contribution >= 0.6 is 0 Å². The van der Waals surface area contributed by atoms with Gasteiger partial charge in [0.25, 0.3) is 0 Å². The van der Waals surface area contributed by atoms with Gasteiger partial charge in [0.05, 0.1) is 4.90 Å². The Morgan fingerprint density at radius 2 is 1.68 bits per heavy atom. The third kappa shape index (κ3) is 6.59. The van der Waals surface area contributed by atoms with Crippen LogP contribution in [0.5, 0.6) is 5.75 Å². The monoisotopic (exact) mass is 552 g/mol. The lowest BCUT2D eigenvalue weighted by atomic mass is 10.1. The van der Waals surface area contributed by atoms with Crippen LogP contribution in [0.1, 0.15) is 12.5 Å². The van der Waals surface area contributed by atoms with E-state index < -0.39 is 10.0 Å². The number of ether oxygens (including phenoxy) is 2. The summed E-state index contributed by atoms with van der Waals surface area (Å²) in [5.41, 5.74) is 2.35. The van der Waals surface area contributed by atoms with E-state index in [0.717, 1.165) is 16.6 Å². The average molecular weight is 553 g/mol. The van der Waals surface area contributed by atoms with Gasteiger partial charge in [-0.05, 0) is 55.0 Å². The van der Waals surface area contributed by atoms with Gasteiger partial charge in [0, 0.05) is 42.7 Å². The highest BCUT2D eigenvalue weighted by Crippen LogP contribution is 2.30. The van der Waals surface area contributed by atoms with Crippen molar-refractivity contribution in [2.24, 2.45) is 0 Å². The number of rotatable bonds is 9. The molecule has 8 nitrogen and oxygen atoms in total. The molecule has 9 heteroatoms. The molecule has 0 fully saturated rings. The Kier molecular flexibility index (Phi) is 8.70. The van der Waals surface area contributed by atoms with Crippen LogP contribution in [0.25, 0.3) is 16.8 Å². The van der Waals surface area contributed by atoms with Crippen molar-refractivity contribution < 1.29 is 17.9 Å². The highest BCUT2D eigenvalue weighted by Gasteiger charge is 2.18. The van der Waals surface area contributed by atoms with E-state index in [2.05, 4.69) is 4.72 Å². The summed E-state index contributed by atoms with van der Waals surface area (Å²) in [5, 5.41) is 19.8. The fourth-order valence-corrected chi connectivity index (χ4v) is 5.44. The summed E-state index contributed by atoms with van der Waals surface area (Å²) in [6.45, 7) is 2.02. The molecule has 3 aromatic carbocycles. The second-order valence-corrected chi connectivity index (χ2v) is 10.9. The molecule has 0 atom stereocenters. The molecule has 0 amide bonds. The Bertz CT molecular complexity index is 1720. The van der Waals surface area contributed by atoms with Crippen LogP contribution in [0.3, 0.4) is 0 Å². The highest BCUT2D eigenvalue weighted by molar-refractivity contribution is 7.89. The van der Waals surface area contributed by atoms with E-state index in [-0.39, 0.29) is 23.6 Å². The van der Waals surface area contributed by atoms with E-state index in [1.165, 1.54) is 0 Å². The number of hydrogen-bond donors (Lipinski definition) is 1. The van der Waals surface area contributed by atoms with Crippen LogP contribution in [0.15, 0.2) is 106 Å². The molecule has 1 N–H and O–H groups in total. The quantitative estimate of drug-likeness (QED) is 0.278. The normalized spacial score (nSPS) is 13.2. The van der Waals surface area contributed by atoms with Gasteiger partial charge < -0.3 is 14.4 Å². The maximum atomic E-state index is 13.1. The third-order valence-corrected chi connectivity index (χ3v) is 7.58. The molecule has 1 heterocycles. The SMILES string of the molecule is CC1=CC(=C(C#N)C#N)C=C(/C=C/c2ccc(OCCNS(=O)(=O)c3cccc4c(N(C)C)cccc34)cc2)O1. The lowest BCUT2D eigenvalue weighted by molar-refractivity contribution is 0.318. The number of hydrogen-bond acceptors (Lipinski definition) is 7. The van der Waals surface area contributed by atoms with Crippen LogP contribution in [0, 0.1) is 22.7 Å². The van der Waals surface area contributed by atoms with E-state index >= 15 is 0 Å². The Hall–Kier alpha value is -4.83. The zero-order chi connectivity index (χ0) is 28.7. The molecule has 0 saturated carbocycles. The first-order chi connectivity index (χ1) is 19.2. The number of nitrogens with zero attached hydrogens (tertiary/aromatic N) is 3. The van der Waals surface area contributed by atoms with Gasteiger partial charge in [-0.3, -0.25) is 0 Å². The number of allylic oxidation sites excluding steroid dienone is 6. The molecule has 0 bridgehead atoms. The Morgan fingerprint density at radius 3 is 2.38 bits per heavy atom. The fourth-order valence-electron chi connectivity index (χ4n) is 4.20. The number of sulfonamides is 1. The molecule has 3 aromatic rings. The second kappa shape index (κ2) is 12.4. The molecule has 40 heavy (non-hydrogen) atoms. The summed E-state index contributed by atoms with van der Waals surface area (Å²) < 4.78 is 40.1. The standard InChI is InChI=1S/C31H28N4O4S/c1-22-18-24(25(20-32)21-33)19-27(39-22)15-12-23-10-13-26(14-11-23)38-17-16-34-40(36,37)31-9-5-6-28-29(31)7-4-8-30(28)35(2)3/h4-15,18-19,34H,16-17H2,1-3H3/b15-12+. The number of fused-ring (bicyclic) bond motifs is 1. The van der Waals surface area contributed by atoms with Gasteiger partial charge in [-0.2, -0.15) is 10.5 Å². The predicted octanol–water partition coefficient (Wildman–Crippen LogP) is 5.44. The van der Waals surface area contributed by atoms with Gasteiger partial charge in [-0.1, -0.05) is 42.5 Å². The van der Waals surface area contributed by atoms with Crippen molar-refractivity contribution >= 4 is 32.6 Å². The molecule has 1 aliphatic rings. The van der Waals surface area contributed by atoms with Crippen molar-refractivity contribution in [1.29, 1.82) is 10.5 Å². The minimum Gasteiger partial charge on any atom is -0.492 e. The zero-order valence-corrected chi connectivity index (χ0v) is 23.2. The summed E-state index contributed by atoms with van der Waals surface area (Å²) in [5.74, 6) is 1.69. The first-order valence-corrected chi connectivity index (χ1v) is 13.9. The maximum absolute atomic E-state index is 13.1. The predicted molar refractivity (Wildman–Crippen MR) is 156 cm³/mol. The van der Waals surface area contributed by atoms with Gasteiger partial charge in [0.15, 0.2) is 0 Å². The van der Waals surface area contributed by atoms with Crippen molar-refractivity contribution in [1.82, 2.24) is 4.72 Å². The summed E-state index contributed by atoms with van der Waals surface area (Å²) in [4.78, 5) is 2.18. The highest BCUT2D eigenvalue weighted by atomic mass is 32.2. The second-order valence-electron chi connectivity index (χ2n) is 9.13. The lowest BCUT2D eigenvalue weighted by Crippen LogP contribution is -2.28. The van der Waals surface area contributed by atoms with E-state index in [0.29, 0.717) is 28.2 Å². The minimum atomic E-state index is -3.74. The van der Waals surface area contributed by atoms with Crippen LogP contribution in [-0.4, -0.2) is 35.7 Å². The number of nitriles is 2. The van der Waals surface area contributed by atoms with Crippen LogP contribution in [0.4, 0.5) is 5.69 Å². The van der Waals surface area contributed by atoms with Gasteiger partial charge >= 0.3 is 0 Å². The zero-order valence-electron chi connectivity index (χ0n) is 22.4. The molecule has 0 saturated heterocycles. The molecule has 0 aliphatic carbocycles. The average Bonchev–Trinajstić information content (AvgIpc) is 2.94. The summed E-state index contributed by atoms with van der Waals surface area (Å²) in [7, 11) is 0.103. The summed E-state index contributed by atoms with van der Waals surface area (Å²) in [6.07, 6.45) is 6.88. The van der Waals surface area contributed by atoms with Crippen molar-refractivity contribution in [3.63, 3.8) is 0 Å². The molecule has 202 valence electrons. The first kappa shape index (κ1) is 28.2. The molecule has 0 aromatic heterocycles. The molecular formula is C31H28N4O4S. The fraction of sp³-hybridized carbons (Fsp3) is 0.161. The minimum absolute atomic E-state index is 0.0212. The number of anilines is 1.